The number of halogens is 2. The topological polar surface area (TPSA) is 78.4 Å². The predicted molar refractivity (Wildman–Crippen MR) is 129 cm³/mol. The number of piperazine rings is 1. The number of amides is 2. The molecule has 0 aliphatic carbocycles. The van der Waals surface area contributed by atoms with E-state index in [0.717, 1.165) is 5.56 Å². The van der Waals surface area contributed by atoms with Crippen LogP contribution >= 0.6 is 23.4 Å². The maximum Gasteiger partial charge on any atom is 0.230 e. The lowest BCUT2D eigenvalue weighted by Crippen LogP contribution is -2.54. The standard InChI is InChI=1S/C23H29ClFN5O2S/c1-15(2)10-22(32)30-9-8-29(13-16(30)3)20-11-19(24)27-23(28-20)33-14-21(31)26-12-17-4-6-18(25)7-5-17/h4-7,11,15-16H,8-10,12-14H2,1-3H3,(H,26,31). The van der Waals surface area contributed by atoms with Gasteiger partial charge in [-0.1, -0.05) is 49.3 Å². The summed E-state index contributed by atoms with van der Waals surface area (Å²) in [6.07, 6.45) is 0.549. The third-order valence-corrected chi connectivity index (χ3v) is 6.29. The van der Waals surface area contributed by atoms with Crippen LogP contribution in [0.1, 0.15) is 32.8 Å². The summed E-state index contributed by atoms with van der Waals surface area (Å²) < 4.78 is 13.0. The minimum atomic E-state index is -0.312. The third-order valence-electron chi connectivity index (χ3n) is 5.25. The molecule has 1 aliphatic heterocycles. The van der Waals surface area contributed by atoms with Gasteiger partial charge < -0.3 is 15.1 Å². The smallest absolute Gasteiger partial charge is 0.230 e. The Bertz CT molecular complexity index is 976. The Balaban J connectivity index is 1.54. The Hall–Kier alpha value is -2.39. The van der Waals surface area contributed by atoms with Crippen molar-refractivity contribution in [1.82, 2.24) is 20.2 Å². The second-order valence-electron chi connectivity index (χ2n) is 8.50. The Kier molecular flexibility index (Phi) is 8.91. The number of hydrogen-bond donors (Lipinski definition) is 1. The minimum absolute atomic E-state index is 0.0621. The number of carbonyl (C=O) groups is 2. The molecule has 33 heavy (non-hydrogen) atoms. The van der Waals surface area contributed by atoms with E-state index < -0.39 is 0 Å². The Morgan fingerprint density at radius 3 is 2.64 bits per heavy atom. The van der Waals surface area contributed by atoms with E-state index in [2.05, 4.69) is 20.2 Å². The SMILES string of the molecule is CC(C)CC(=O)N1CCN(c2cc(Cl)nc(SCC(=O)NCc3ccc(F)cc3)n2)CC1C. The lowest BCUT2D eigenvalue weighted by molar-refractivity contribution is -0.134. The quantitative estimate of drug-likeness (QED) is 0.343. The van der Waals surface area contributed by atoms with Crippen LogP contribution in [0.15, 0.2) is 35.5 Å². The molecule has 1 aromatic carbocycles. The zero-order chi connectivity index (χ0) is 24.0. The normalized spacial score (nSPS) is 16.2. The van der Waals surface area contributed by atoms with Gasteiger partial charge in [0.15, 0.2) is 5.16 Å². The fourth-order valence-corrected chi connectivity index (χ4v) is 4.51. The van der Waals surface area contributed by atoms with E-state index in [1.54, 1.807) is 18.2 Å². The zero-order valence-electron chi connectivity index (χ0n) is 19.1. The average molecular weight is 494 g/mol. The van der Waals surface area contributed by atoms with E-state index in [9.17, 15) is 14.0 Å². The molecule has 1 N–H and O–H groups in total. The van der Waals surface area contributed by atoms with Gasteiger partial charge in [-0.15, -0.1) is 0 Å². The molecule has 0 bridgehead atoms. The lowest BCUT2D eigenvalue weighted by Gasteiger charge is -2.40. The maximum atomic E-state index is 13.0. The molecule has 1 aromatic heterocycles. The number of thioether (sulfide) groups is 1. The highest BCUT2D eigenvalue weighted by Crippen LogP contribution is 2.24. The van der Waals surface area contributed by atoms with E-state index >= 15 is 0 Å². The van der Waals surface area contributed by atoms with Gasteiger partial charge in [-0.3, -0.25) is 9.59 Å². The summed E-state index contributed by atoms with van der Waals surface area (Å²) in [5.74, 6) is 0.839. The van der Waals surface area contributed by atoms with E-state index in [-0.39, 0.29) is 29.4 Å². The zero-order valence-corrected chi connectivity index (χ0v) is 20.6. The molecule has 7 nitrogen and oxygen atoms in total. The van der Waals surface area contributed by atoms with Crippen molar-refractivity contribution in [3.8, 4) is 0 Å². The molecular weight excluding hydrogens is 465 g/mol. The van der Waals surface area contributed by atoms with Crippen molar-refractivity contribution in [1.29, 1.82) is 0 Å². The van der Waals surface area contributed by atoms with Crippen LogP contribution < -0.4 is 10.2 Å². The van der Waals surface area contributed by atoms with E-state index in [1.165, 1.54) is 23.9 Å². The summed E-state index contributed by atoms with van der Waals surface area (Å²) >= 11 is 7.43. The van der Waals surface area contributed by atoms with Crippen molar-refractivity contribution in [3.05, 3.63) is 46.9 Å². The Labute approximate surface area is 203 Å². The highest BCUT2D eigenvalue weighted by atomic mass is 35.5. The van der Waals surface area contributed by atoms with Crippen molar-refractivity contribution in [3.63, 3.8) is 0 Å². The van der Waals surface area contributed by atoms with Crippen LogP contribution in [0.4, 0.5) is 10.2 Å². The van der Waals surface area contributed by atoms with Crippen molar-refractivity contribution in [2.75, 3.05) is 30.3 Å². The number of benzene rings is 1. The first-order valence-electron chi connectivity index (χ1n) is 10.9. The first-order chi connectivity index (χ1) is 15.7. The van der Waals surface area contributed by atoms with Gasteiger partial charge in [0.05, 0.1) is 5.75 Å². The molecule has 2 heterocycles. The second kappa shape index (κ2) is 11.7. The summed E-state index contributed by atoms with van der Waals surface area (Å²) in [4.78, 5) is 37.5. The first-order valence-corrected chi connectivity index (χ1v) is 12.3. The molecule has 178 valence electrons. The molecule has 1 fully saturated rings. The molecule has 3 rings (SSSR count). The monoisotopic (exact) mass is 493 g/mol. The molecule has 10 heteroatoms. The summed E-state index contributed by atoms with van der Waals surface area (Å²) in [6, 6.07) is 7.75. The van der Waals surface area contributed by atoms with Crippen LogP contribution in [0.2, 0.25) is 5.15 Å². The minimum Gasteiger partial charge on any atom is -0.353 e. The predicted octanol–water partition coefficient (Wildman–Crippen LogP) is 3.76. The maximum absolute atomic E-state index is 13.0. The van der Waals surface area contributed by atoms with Gasteiger partial charge in [0, 0.05) is 44.7 Å². The molecule has 2 aromatic rings. The Morgan fingerprint density at radius 2 is 1.97 bits per heavy atom. The van der Waals surface area contributed by atoms with Crippen LogP contribution in [-0.4, -0.2) is 58.1 Å². The summed E-state index contributed by atoms with van der Waals surface area (Å²) in [5, 5.41) is 3.52. The molecule has 2 amide bonds. The third kappa shape index (κ3) is 7.57. The largest absolute Gasteiger partial charge is 0.353 e. The summed E-state index contributed by atoms with van der Waals surface area (Å²) in [7, 11) is 0. The number of hydrogen-bond acceptors (Lipinski definition) is 6. The van der Waals surface area contributed by atoms with E-state index in [4.69, 9.17) is 11.6 Å². The number of rotatable bonds is 8. The van der Waals surface area contributed by atoms with Gasteiger partial charge >= 0.3 is 0 Å². The molecule has 0 saturated carbocycles. The number of carbonyl (C=O) groups excluding carboxylic acids is 2. The van der Waals surface area contributed by atoms with Crippen LogP contribution in [0.25, 0.3) is 0 Å². The molecule has 0 radical (unpaired) electrons. The van der Waals surface area contributed by atoms with Crippen LogP contribution in [0.5, 0.6) is 0 Å². The van der Waals surface area contributed by atoms with Gasteiger partial charge in [0.25, 0.3) is 0 Å². The van der Waals surface area contributed by atoms with E-state index in [0.29, 0.717) is 54.6 Å². The highest BCUT2D eigenvalue weighted by molar-refractivity contribution is 7.99. The fourth-order valence-electron chi connectivity index (χ4n) is 3.60. The van der Waals surface area contributed by atoms with Crippen LogP contribution in [-0.2, 0) is 16.1 Å². The molecule has 1 saturated heterocycles. The first kappa shape index (κ1) is 25.2. The molecule has 0 spiro atoms. The fraction of sp³-hybridized carbons (Fsp3) is 0.478. The number of anilines is 1. The molecule has 1 atom stereocenters. The van der Waals surface area contributed by atoms with Gasteiger partial charge in [0.2, 0.25) is 11.8 Å². The van der Waals surface area contributed by atoms with E-state index in [1.807, 2.05) is 25.7 Å². The van der Waals surface area contributed by atoms with Crippen molar-refractivity contribution in [2.45, 2.75) is 44.9 Å². The van der Waals surface area contributed by atoms with Crippen molar-refractivity contribution in [2.24, 2.45) is 5.92 Å². The number of aromatic nitrogens is 2. The van der Waals surface area contributed by atoms with Gasteiger partial charge in [-0.05, 0) is 30.5 Å². The lowest BCUT2D eigenvalue weighted by atomic mass is 10.1. The van der Waals surface area contributed by atoms with Gasteiger partial charge in [-0.2, -0.15) is 0 Å². The van der Waals surface area contributed by atoms with Crippen molar-refractivity contribution < 1.29 is 14.0 Å². The average Bonchev–Trinajstić information content (AvgIpc) is 2.76. The van der Waals surface area contributed by atoms with Crippen LogP contribution in [0.3, 0.4) is 0 Å². The molecule has 1 aliphatic rings. The van der Waals surface area contributed by atoms with Crippen LogP contribution in [0, 0.1) is 11.7 Å². The number of nitrogens with one attached hydrogen (secondary N) is 1. The summed E-state index contributed by atoms with van der Waals surface area (Å²) in [5.41, 5.74) is 0.816. The van der Waals surface area contributed by atoms with Gasteiger partial charge in [0.1, 0.15) is 16.8 Å². The molecule has 1 unspecified atom stereocenters. The second-order valence-corrected chi connectivity index (χ2v) is 9.83. The van der Waals surface area contributed by atoms with Crippen molar-refractivity contribution >= 4 is 41.0 Å². The Morgan fingerprint density at radius 1 is 1.24 bits per heavy atom. The van der Waals surface area contributed by atoms with Gasteiger partial charge in [-0.25, -0.2) is 14.4 Å². The number of nitrogens with zero attached hydrogens (tertiary/aromatic N) is 4. The highest BCUT2D eigenvalue weighted by Gasteiger charge is 2.28. The molecular formula is C23H29ClFN5O2S. The summed E-state index contributed by atoms with van der Waals surface area (Å²) in [6.45, 7) is 8.38.